The highest BCUT2D eigenvalue weighted by Gasteiger charge is 2.26. The van der Waals surface area contributed by atoms with E-state index in [1.807, 2.05) is 48.9 Å². The summed E-state index contributed by atoms with van der Waals surface area (Å²) >= 11 is 0. The van der Waals surface area contributed by atoms with Gasteiger partial charge in [0, 0.05) is 17.7 Å². The van der Waals surface area contributed by atoms with Gasteiger partial charge in [0.05, 0.1) is 17.8 Å². The number of benzene rings is 1. The van der Waals surface area contributed by atoms with Crippen molar-refractivity contribution in [2.45, 2.75) is 52.1 Å². The Morgan fingerprint density at radius 3 is 2.71 bits per heavy atom. The van der Waals surface area contributed by atoms with E-state index in [1.54, 1.807) is 0 Å². The van der Waals surface area contributed by atoms with Crippen LogP contribution in [0.25, 0.3) is 5.69 Å². The van der Waals surface area contributed by atoms with Gasteiger partial charge in [-0.15, -0.1) is 0 Å². The molecule has 126 valence electrons. The van der Waals surface area contributed by atoms with E-state index in [4.69, 9.17) is 4.74 Å². The van der Waals surface area contributed by atoms with Crippen molar-refractivity contribution in [2.24, 2.45) is 0 Å². The fourth-order valence-corrected chi connectivity index (χ4v) is 3.17. The van der Waals surface area contributed by atoms with Gasteiger partial charge in [-0.25, -0.2) is 4.68 Å². The second-order valence-corrected chi connectivity index (χ2v) is 6.26. The van der Waals surface area contributed by atoms with Crippen molar-refractivity contribution in [1.29, 1.82) is 0 Å². The molecule has 0 spiro atoms. The zero-order valence-corrected chi connectivity index (χ0v) is 14.1. The lowest BCUT2D eigenvalue weighted by atomic mass is 9.96. The summed E-state index contributed by atoms with van der Waals surface area (Å²) in [4.78, 5) is 24.1. The number of ether oxygens (including phenoxy) is 1. The minimum Gasteiger partial charge on any atom is -0.454 e. The third kappa shape index (κ3) is 3.40. The maximum Gasteiger partial charge on any atom is 0.311 e. The maximum absolute atomic E-state index is 12.3. The standard InChI is InChI=1S/C19H22N2O3/c1-13-16(12-19(23)24-18-11-7-6-10-17(18)22)14(2)21(20-13)15-8-4-3-5-9-15/h3-5,8-9,18H,6-7,10-12H2,1-2H3/t18-/m1/s1. The third-order valence-corrected chi connectivity index (χ3v) is 4.54. The lowest BCUT2D eigenvalue weighted by Crippen LogP contribution is -2.30. The fraction of sp³-hybridized carbons (Fsp3) is 0.421. The average Bonchev–Trinajstić information content (AvgIpc) is 2.86. The Kier molecular flexibility index (Phi) is 4.79. The topological polar surface area (TPSA) is 61.2 Å². The molecule has 1 atom stereocenters. The monoisotopic (exact) mass is 326 g/mol. The molecule has 0 radical (unpaired) electrons. The molecule has 1 fully saturated rings. The summed E-state index contributed by atoms with van der Waals surface area (Å²) in [7, 11) is 0. The number of hydrogen-bond donors (Lipinski definition) is 0. The smallest absolute Gasteiger partial charge is 0.311 e. The van der Waals surface area contributed by atoms with Crippen molar-refractivity contribution < 1.29 is 14.3 Å². The van der Waals surface area contributed by atoms with Gasteiger partial charge in [-0.2, -0.15) is 5.10 Å². The molecule has 0 unspecified atom stereocenters. The van der Waals surface area contributed by atoms with E-state index in [2.05, 4.69) is 5.10 Å². The van der Waals surface area contributed by atoms with Crippen LogP contribution in [0.4, 0.5) is 0 Å². The Hall–Kier alpha value is -2.43. The van der Waals surface area contributed by atoms with Crippen LogP contribution in [0.15, 0.2) is 30.3 Å². The first-order valence-electron chi connectivity index (χ1n) is 8.39. The number of hydrogen-bond acceptors (Lipinski definition) is 4. The lowest BCUT2D eigenvalue weighted by Gasteiger charge is -2.20. The van der Waals surface area contributed by atoms with Gasteiger partial charge in [-0.05, 0) is 45.2 Å². The first-order valence-corrected chi connectivity index (χ1v) is 8.39. The Morgan fingerprint density at radius 1 is 1.25 bits per heavy atom. The van der Waals surface area contributed by atoms with E-state index < -0.39 is 6.10 Å². The molecule has 0 saturated heterocycles. The van der Waals surface area contributed by atoms with Gasteiger partial charge in [0.2, 0.25) is 0 Å². The molecule has 5 nitrogen and oxygen atoms in total. The van der Waals surface area contributed by atoms with Crippen LogP contribution in [-0.4, -0.2) is 27.6 Å². The van der Waals surface area contributed by atoms with E-state index in [1.165, 1.54) is 0 Å². The number of aryl methyl sites for hydroxylation is 1. The van der Waals surface area contributed by atoms with Crippen LogP contribution >= 0.6 is 0 Å². The SMILES string of the molecule is Cc1nn(-c2ccccc2)c(C)c1CC(=O)O[C@@H]1CCCCC1=O. The largest absolute Gasteiger partial charge is 0.454 e. The van der Waals surface area contributed by atoms with Crippen LogP contribution in [0.2, 0.25) is 0 Å². The number of esters is 1. The summed E-state index contributed by atoms with van der Waals surface area (Å²) in [6.07, 6.45) is 2.58. The minimum atomic E-state index is -0.559. The summed E-state index contributed by atoms with van der Waals surface area (Å²) in [5, 5.41) is 4.54. The van der Waals surface area contributed by atoms with Crippen LogP contribution in [-0.2, 0) is 20.7 Å². The van der Waals surface area contributed by atoms with Gasteiger partial charge in [0.25, 0.3) is 0 Å². The number of para-hydroxylation sites is 1. The molecular weight excluding hydrogens is 304 g/mol. The number of rotatable bonds is 4. The van der Waals surface area contributed by atoms with Crippen LogP contribution in [0.5, 0.6) is 0 Å². The average molecular weight is 326 g/mol. The Labute approximate surface area is 141 Å². The van der Waals surface area contributed by atoms with E-state index in [9.17, 15) is 9.59 Å². The molecular formula is C19H22N2O3. The summed E-state index contributed by atoms with van der Waals surface area (Å²) < 4.78 is 7.24. The lowest BCUT2D eigenvalue weighted by molar-refractivity contribution is -0.156. The Morgan fingerprint density at radius 2 is 2.00 bits per heavy atom. The van der Waals surface area contributed by atoms with Crippen molar-refractivity contribution >= 4 is 11.8 Å². The van der Waals surface area contributed by atoms with Crippen molar-refractivity contribution in [2.75, 3.05) is 0 Å². The van der Waals surface area contributed by atoms with E-state index in [-0.39, 0.29) is 18.2 Å². The van der Waals surface area contributed by atoms with Crippen molar-refractivity contribution in [1.82, 2.24) is 9.78 Å². The molecule has 3 rings (SSSR count). The number of carbonyl (C=O) groups excluding carboxylic acids is 2. The van der Waals surface area contributed by atoms with Crippen molar-refractivity contribution in [3.63, 3.8) is 0 Å². The summed E-state index contributed by atoms with van der Waals surface area (Å²) in [6.45, 7) is 3.84. The molecule has 1 aliphatic carbocycles. The van der Waals surface area contributed by atoms with E-state index in [0.717, 1.165) is 35.5 Å². The summed E-state index contributed by atoms with van der Waals surface area (Å²) in [5.74, 6) is -0.308. The highest BCUT2D eigenvalue weighted by molar-refractivity contribution is 5.86. The highest BCUT2D eigenvalue weighted by Crippen LogP contribution is 2.21. The molecule has 0 amide bonds. The van der Waals surface area contributed by atoms with Gasteiger partial charge in [0.1, 0.15) is 0 Å². The molecule has 0 bridgehead atoms. The Bertz CT molecular complexity index is 749. The van der Waals surface area contributed by atoms with E-state index in [0.29, 0.717) is 12.8 Å². The number of ketones is 1. The van der Waals surface area contributed by atoms with Gasteiger partial charge in [-0.3, -0.25) is 9.59 Å². The normalized spacial score (nSPS) is 17.8. The molecule has 1 saturated carbocycles. The number of nitrogens with zero attached hydrogens (tertiary/aromatic N) is 2. The first kappa shape index (κ1) is 16.4. The second kappa shape index (κ2) is 6.99. The molecule has 2 aromatic rings. The van der Waals surface area contributed by atoms with Gasteiger partial charge in [-0.1, -0.05) is 18.2 Å². The molecule has 1 aromatic heterocycles. The zero-order valence-electron chi connectivity index (χ0n) is 14.1. The van der Waals surface area contributed by atoms with Crippen LogP contribution in [0.1, 0.15) is 42.6 Å². The first-order chi connectivity index (χ1) is 11.6. The maximum atomic E-state index is 12.3. The number of aromatic nitrogens is 2. The number of carbonyl (C=O) groups is 2. The summed E-state index contributed by atoms with van der Waals surface area (Å²) in [5.41, 5.74) is 3.56. The molecule has 1 aliphatic rings. The van der Waals surface area contributed by atoms with E-state index >= 15 is 0 Å². The molecule has 5 heteroatoms. The zero-order chi connectivity index (χ0) is 17.1. The Balaban J connectivity index is 1.74. The predicted octanol–water partition coefficient (Wildman–Crippen LogP) is 3.09. The highest BCUT2D eigenvalue weighted by atomic mass is 16.5. The summed E-state index contributed by atoms with van der Waals surface area (Å²) in [6, 6.07) is 9.81. The van der Waals surface area contributed by atoms with Crippen molar-refractivity contribution in [3.8, 4) is 5.69 Å². The van der Waals surface area contributed by atoms with Crippen LogP contribution in [0.3, 0.4) is 0 Å². The molecule has 1 aromatic carbocycles. The quantitative estimate of drug-likeness (QED) is 0.810. The molecule has 1 heterocycles. The van der Waals surface area contributed by atoms with Crippen LogP contribution < -0.4 is 0 Å². The van der Waals surface area contributed by atoms with Gasteiger partial charge >= 0.3 is 5.97 Å². The minimum absolute atomic E-state index is 0.0445. The molecule has 0 N–H and O–H groups in total. The van der Waals surface area contributed by atoms with Crippen molar-refractivity contribution in [3.05, 3.63) is 47.3 Å². The number of Topliss-reactive ketones (excluding diaryl/α,β-unsaturated/α-hetero) is 1. The second-order valence-electron chi connectivity index (χ2n) is 6.26. The van der Waals surface area contributed by atoms with Gasteiger partial charge in [0.15, 0.2) is 11.9 Å². The molecule has 24 heavy (non-hydrogen) atoms. The van der Waals surface area contributed by atoms with Gasteiger partial charge < -0.3 is 4.74 Å². The van der Waals surface area contributed by atoms with Crippen LogP contribution in [0, 0.1) is 13.8 Å². The fourth-order valence-electron chi connectivity index (χ4n) is 3.17. The predicted molar refractivity (Wildman–Crippen MR) is 90.1 cm³/mol. The third-order valence-electron chi connectivity index (χ3n) is 4.54. The molecule has 0 aliphatic heterocycles.